The first-order chi connectivity index (χ1) is 11.8. The number of benzene rings is 2. The molecule has 0 unspecified atom stereocenters. The molecule has 2 aromatic carbocycles. The van der Waals surface area contributed by atoms with Gasteiger partial charge >= 0.3 is 0 Å². The van der Waals surface area contributed by atoms with Crippen LogP contribution in [0.1, 0.15) is 16.7 Å². The predicted octanol–water partition coefficient (Wildman–Crippen LogP) is 3.38. The summed E-state index contributed by atoms with van der Waals surface area (Å²) in [5, 5.41) is 0.887. The second-order valence-corrected chi connectivity index (χ2v) is 6.39. The number of nitrogens with one attached hydrogen (secondary N) is 2. The number of hydrogen-bond donors (Lipinski definition) is 2. The van der Waals surface area contributed by atoms with Gasteiger partial charge in [-0.05, 0) is 54.8 Å². The third-order valence-corrected chi connectivity index (χ3v) is 4.14. The quantitative estimate of drug-likeness (QED) is 0.781. The van der Waals surface area contributed by atoms with E-state index in [1.807, 2.05) is 26.0 Å². The Labute approximate surface area is 156 Å². The van der Waals surface area contributed by atoms with Crippen LogP contribution >= 0.6 is 23.2 Å². The fraction of sp³-hybridized carbons (Fsp3) is 0.222. The van der Waals surface area contributed by atoms with Crippen LogP contribution in [0.15, 0.2) is 36.4 Å². The van der Waals surface area contributed by atoms with E-state index in [0.29, 0.717) is 21.4 Å². The number of rotatable bonds is 5. The molecule has 0 aromatic heterocycles. The zero-order valence-electron chi connectivity index (χ0n) is 13.9. The maximum absolute atomic E-state index is 11.9. The predicted molar refractivity (Wildman–Crippen MR) is 97.9 cm³/mol. The Bertz CT molecular complexity index is 794. The summed E-state index contributed by atoms with van der Waals surface area (Å²) in [6.45, 7) is 3.75. The molecule has 7 heteroatoms. The highest BCUT2D eigenvalue weighted by molar-refractivity contribution is 6.35. The Morgan fingerprint density at radius 3 is 2.36 bits per heavy atom. The molecule has 0 saturated carbocycles. The lowest BCUT2D eigenvalue weighted by Crippen LogP contribution is -2.44. The van der Waals surface area contributed by atoms with Gasteiger partial charge in [0.25, 0.3) is 5.91 Å². The number of carbonyl (C=O) groups excluding carboxylic acids is 2. The molecule has 2 amide bonds. The molecule has 0 saturated heterocycles. The van der Waals surface area contributed by atoms with Gasteiger partial charge in [0.05, 0.1) is 6.42 Å². The average Bonchev–Trinajstić information content (AvgIpc) is 2.56. The summed E-state index contributed by atoms with van der Waals surface area (Å²) in [5.41, 5.74) is 7.45. The lowest BCUT2D eigenvalue weighted by atomic mass is 10.1. The van der Waals surface area contributed by atoms with E-state index < -0.39 is 11.8 Å². The zero-order valence-corrected chi connectivity index (χ0v) is 15.4. The standard InChI is InChI=1S/C18H18Cl2N2O3/c1-11-3-6-15(7-12(11)2)25-10-18(24)22-21-17(23)8-13-4-5-14(19)9-16(13)20/h3-7,9H,8,10H2,1-2H3,(H,21,23)(H,22,24). The molecule has 0 fully saturated rings. The first-order valence-corrected chi connectivity index (χ1v) is 8.32. The van der Waals surface area contributed by atoms with Gasteiger partial charge in [-0.1, -0.05) is 35.3 Å². The maximum Gasteiger partial charge on any atom is 0.276 e. The van der Waals surface area contributed by atoms with Crippen molar-refractivity contribution >= 4 is 35.0 Å². The van der Waals surface area contributed by atoms with E-state index in [1.165, 1.54) is 0 Å². The number of halogens is 2. The van der Waals surface area contributed by atoms with Crippen molar-refractivity contribution in [3.8, 4) is 5.75 Å². The molecular formula is C18H18Cl2N2O3. The largest absolute Gasteiger partial charge is 0.484 e. The second kappa shape index (κ2) is 8.74. The summed E-state index contributed by atoms with van der Waals surface area (Å²) in [5.74, 6) is -0.268. The Morgan fingerprint density at radius 1 is 0.960 bits per heavy atom. The van der Waals surface area contributed by atoms with Gasteiger partial charge in [0, 0.05) is 10.0 Å². The topological polar surface area (TPSA) is 67.4 Å². The lowest BCUT2D eigenvalue weighted by Gasteiger charge is -2.10. The van der Waals surface area contributed by atoms with Crippen molar-refractivity contribution in [1.82, 2.24) is 10.9 Å². The van der Waals surface area contributed by atoms with Gasteiger partial charge in [0.15, 0.2) is 6.61 Å². The second-order valence-electron chi connectivity index (χ2n) is 5.54. The normalized spacial score (nSPS) is 10.2. The van der Waals surface area contributed by atoms with E-state index in [0.717, 1.165) is 11.1 Å². The van der Waals surface area contributed by atoms with E-state index >= 15 is 0 Å². The highest BCUT2D eigenvalue weighted by Crippen LogP contribution is 2.21. The number of amides is 2. The number of carbonyl (C=O) groups is 2. The van der Waals surface area contributed by atoms with Gasteiger partial charge in [-0.3, -0.25) is 20.4 Å². The average molecular weight is 381 g/mol. The number of aryl methyl sites for hydroxylation is 2. The summed E-state index contributed by atoms with van der Waals surface area (Å²) in [7, 11) is 0. The van der Waals surface area contributed by atoms with Crippen LogP contribution in [0.3, 0.4) is 0 Å². The van der Waals surface area contributed by atoms with Crippen LogP contribution in [0.2, 0.25) is 10.0 Å². The zero-order chi connectivity index (χ0) is 18.4. The van der Waals surface area contributed by atoms with Crippen LogP contribution in [0.25, 0.3) is 0 Å². The molecule has 132 valence electrons. The van der Waals surface area contributed by atoms with Crippen molar-refractivity contribution in [3.05, 3.63) is 63.1 Å². The van der Waals surface area contributed by atoms with Crippen LogP contribution in [0.5, 0.6) is 5.75 Å². The molecule has 0 bridgehead atoms. The molecule has 2 rings (SSSR count). The van der Waals surface area contributed by atoms with Gasteiger partial charge < -0.3 is 4.74 Å². The highest BCUT2D eigenvalue weighted by atomic mass is 35.5. The molecular weight excluding hydrogens is 363 g/mol. The summed E-state index contributed by atoms with van der Waals surface area (Å²) in [6.07, 6.45) is 0.0221. The van der Waals surface area contributed by atoms with E-state index in [2.05, 4.69) is 10.9 Å². The van der Waals surface area contributed by atoms with Crippen molar-refractivity contribution in [2.75, 3.05) is 6.61 Å². The summed E-state index contributed by atoms with van der Waals surface area (Å²) in [6, 6.07) is 10.4. The smallest absolute Gasteiger partial charge is 0.276 e. The van der Waals surface area contributed by atoms with E-state index in [-0.39, 0.29) is 13.0 Å². The van der Waals surface area contributed by atoms with Crippen molar-refractivity contribution in [3.63, 3.8) is 0 Å². The Balaban J connectivity index is 1.77. The van der Waals surface area contributed by atoms with Crippen molar-refractivity contribution in [1.29, 1.82) is 0 Å². The number of hydrogen-bond acceptors (Lipinski definition) is 3. The van der Waals surface area contributed by atoms with Crippen molar-refractivity contribution < 1.29 is 14.3 Å². The molecule has 2 aromatic rings. The third-order valence-electron chi connectivity index (χ3n) is 3.56. The first kappa shape index (κ1) is 19.1. The molecule has 0 radical (unpaired) electrons. The minimum absolute atomic E-state index is 0.0221. The van der Waals surface area contributed by atoms with Gasteiger partial charge in [0.1, 0.15) is 5.75 Å². The molecule has 0 heterocycles. The van der Waals surface area contributed by atoms with Gasteiger partial charge in [-0.15, -0.1) is 0 Å². The monoisotopic (exact) mass is 380 g/mol. The summed E-state index contributed by atoms with van der Waals surface area (Å²) < 4.78 is 5.39. The van der Waals surface area contributed by atoms with E-state index in [4.69, 9.17) is 27.9 Å². The van der Waals surface area contributed by atoms with Crippen LogP contribution < -0.4 is 15.6 Å². The number of hydrazine groups is 1. The van der Waals surface area contributed by atoms with E-state index in [1.54, 1.807) is 24.3 Å². The SMILES string of the molecule is Cc1ccc(OCC(=O)NNC(=O)Cc2ccc(Cl)cc2Cl)cc1C. The fourth-order valence-electron chi connectivity index (χ4n) is 2.01. The van der Waals surface area contributed by atoms with Gasteiger partial charge in [-0.2, -0.15) is 0 Å². The highest BCUT2D eigenvalue weighted by Gasteiger charge is 2.09. The van der Waals surface area contributed by atoms with Gasteiger partial charge in [0.2, 0.25) is 5.91 Å². The molecule has 0 aliphatic carbocycles. The summed E-state index contributed by atoms with van der Waals surface area (Å²) in [4.78, 5) is 23.6. The van der Waals surface area contributed by atoms with Crippen LogP contribution in [0, 0.1) is 13.8 Å². The Morgan fingerprint density at radius 2 is 1.68 bits per heavy atom. The number of ether oxygens (including phenoxy) is 1. The minimum Gasteiger partial charge on any atom is -0.484 e. The van der Waals surface area contributed by atoms with E-state index in [9.17, 15) is 9.59 Å². The molecule has 25 heavy (non-hydrogen) atoms. The van der Waals surface area contributed by atoms with Crippen LogP contribution in [-0.2, 0) is 16.0 Å². The fourth-order valence-corrected chi connectivity index (χ4v) is 2.49. The first-order valence-electron chi connectivity index (χ1n) is 7.57. The molecule has 0 aliphatic rings. The lowest BCUT2D eigenvalue weighted by molar-refractivity contribution is -0.129. The minimum atomic E-state index is -0.464. The maximum atomic E-state index is 11.9. The molecule has 0 atom stereocenters. The van der Waals surface area contributed by atoms with Crippen LogP contribution in [-0.4, -0.2) is 18.4 Å². The van der Waals surface area contributed by atoms with Gasteiger partial charge in [-0.25, -0.2) is 0 Å². The molecule has 5 nitrogen and oxygen atoms in total. The molecule has 0 spiro atoms. The third kappa shape index (κ3) is 5.96. The molecule has 0 aliphatic heterocycles. The molecule has 2 N–H and O–H groups in total. The Kier molecular flexibility index (Phi) is 6.67. The Hall–Kier alpha value is -2.24. The van der Waals surface area contributed by atoms with Crippen molar-refractivity contribution in [2.45, 2.75) is 20.3 Å². The summed E-state index contributed by atoms with van der Waals surface area (Å²) >= 11 is 11.8. The van der Waals surface area contributed by atoms with Crippen molar-refractivity contribution in [2.24, 2.45) is 0 Å². The van der Waals surface area contributed by atoms with Crippen LogP contribution in [0.4, 0.5) is 0 Å².